The molecule has 7 heteroatoms. The topological polar surface area (TPSA) is 81.2 Å². The highest BCUT2D eigenvalue weighted by Crippen LogP contribution is 2.42. The van der Waals surface area contributed by atoms with Crippen LogP contribution in [0.1, 0.15) is 55.4 Å². The van der Waals surface area contributed by atoms with Gasteiger partial charge in [0.2, 0.25) is 0 Å². The third-order valence-corrected chi connectivity index (χ3v) is 6.31. The van der Waals surface area contributed by atoms with E-state index in [4.69, 9.17) is 9.47 Å². The third kappa shape index (κ3) is 4.79. The van der Waals surface area contributed by atoms with Gasteiger partial charge in [-0.2, -0.15) is 0 Å². The molecule has 2 heterocycles. The Morgan fingerprint density at radius 1 is 1.17 bits per heavy atom. The first-order valence-corrected chi connectivity index (χ1v) is 10.6. The maximum Gasteiger partial charge on any atom is 0.341 e. The molecule has 156 valence electrons. The zero-order valence-corrected chi connectivity index (χ0v) is 18.4. The molecule has 0 radical (unpaired) electrons. The van der Waals surface area contributed by atoms with Gasteiger partial charge in [-0.3, -0.25) is 4.79 Å². The standard InChI is InChI=1S/C22H28N2O4S/c1-6-27-20(26)17-15-12-21(2,3)24-22(4,5)18(15)29-19(17)23-16(25)13-28-14-10-8-7-9-11-14/h7-11,24H,6,12-13H2,1-5H3,(H,23,25)/p+1. The molecule has 0 saturated heterocycles. The van der Waals surface area contributed by atoms with Crippen LogP contribution in [0.25, 0.3) is 0 Å². The van der Waals surface area contributed by atoms with Crippen LogP contribution in [0, 0.1) is 0 Å². The van der Waals surface area contributed by atoms with Crippen molar-refractivity contribution >= 4 is 28.2 Å². The molecule has 1 amide bonds. The van der Waals surface area contributed by atoms with Crippen LogP contribution in [0.5, 0.6) is 5.75 Å². The summed E-state index contributed by atoms with van der Waals surface area (Å²) in [7, 11) is 0. The maximum absolute atomic E-state index is 12.8. The van der Waals surface area contributed by atoms with E-state index in [1.807, 2.05) is 18.2 Å². The number of carbonyl (C=O) groups is 2. The van der Waals surface area contributed by atoms with Gasteiger partial charge in [-0.25, -0.2) is 4.79 Å². The van der Waals surface area contributed by atoms with Gasteiger partial charge in [0.25, 0.3) is 5.91 Å². The number of benzene rings is 1. The number of ether oxygens (including phenoxy) is 2. The lowest BCUT2D eigenvalue weighted by Crippen LogP contribution is -3.03. The van der Waals surface area contributed by atoms with E-state index in [1.54, 1.807) is 19.1 Å². The minimum atomic E-state index is -0.391. The summed E-state index contributed by atoms with van der Waals surface area (Å²) in [5.74, 6) is -0.0759. The average Bonchev–Trinajstić information content (AvgIpc) is 2.98. The van der Waals surface area contributed by atoms with Gasteiger partial charge in [0.15, 0.2) is 6.61 Å². The first kappa shape index (κ1) is 21.3. The number of carbonyl (C=O) groups excluding carboxylic acids is 2. The zero-order chi connectivity index (χ0) is 21.2. The molecule has 0 unspecified atom stereocenters. The Morgan fingerprint density at radius 3 is 2.52 bits per heavy atom. The Morgan fingerprint density at radius 2 is 1.86 bits per heavy atom. The smallest absolute Gasteiger partial charge is 0.341 e. The van der Waals surface area contributed by atoms with E-state index in [1.165, 1.54) is 11.3 Å². The lowest BCUT2D eigenvalue weighted by atomic mass is 9.81. The van der Waals surface area contributed by atoms with Crippen LogP contribution in [0.4, 0.5) is 5.00 Å². The Balaban J connectivity index is 1.89. The lowest BCUT2D eigenvalue weighted by molar-refractivity contribution is -0.789. The molecule has 3 N–H and O–H groups in total. The van der Waals surface area contributed by atoms with E-state index >= 15 is 0 Å². The van der Waals surface area contributed by atoms with Crippen LogP contribution in [0.3, 0.4) is 0 Å². The minimum Gasteiger partial charge on any atom is -0.484 e. The Labute approximate surface area is 175 Å². The molecule has 1 aliphatic heterocycles. The number of hydrogen-bond donors (Lipinski definition) is 2. The number of hydrogen-bond acceptors (Lipinski definition) is 5. The van der Waals surface area contributed by atoms with Crippen molar-refractivity contribution in [1.29, 1.82) is 0 Å². The maximum atomic E-state index is 12.8. The van der Waals surface area contributed by atoms with Gasteiger partial charge in [0.05, 0.1) is 22.6 Å². The van der Waals surface area contributed by atoms with Gasteiger partial charge in [0, 0.05) is 6.42 Å². The number of nitrogens with two attached hydrogens (primary N) is 1. The fraction of sp³-hybridized carbons (Fsp3) is 0.455. The molecule has 29 heavy (non-hydrogen) atoms. The van der Waals surface area contributed by atoms with Crippen LogP contribution in [0.15, 0.2) is 30.3 Å². The van der Waals surface area contributed by atoms with Gasteiger partial charge >= 0.3 is 5.97 Å². The third-order valence-electron chi connectivity index (χ3n) is 4.82. The van der Waals surface area contributed by atoms with Gasteiger partial charge in [-0.1, -0.05) is 18.2 Å². The average molecular weight is 418 g/mol. The molecule has 6 nitrogen and oxygen atoms in total. The number of rotatable bonds is 6. The molecule has 0 aliphatic carbocycles. The molecule has 0 bridgehead atoms. The normalized spacial score (nSPS) is 16.6. The number of amides is 1. The van der Waals surface area contributed by atoms with Crippen LogP contribution in [-0.2, 0) is 21.5 Å². The fourth-order valence-corrected chi connectivity index (χ4v) is 5.34. The van der Waals surface area contributed by atoms with E-state index in [2.05, 4.69) is 38.3 Å². The molecule has 2 aromatic rings. The summed E-state index contributed by atoms with van der Waals surface area (Å²) in [6.07, 6.45) is 0.729. The van der Waals surface area contributed by atoms with Crippen molar-refractivity contribution in [1.82, 2.24) is 0 Å². The van der Waals surface area contributed by atoms with Gasteiger partial charge in [-0.15, -0.1) is 11.3 Å². The van der Waals surface area contributed by atoms with Crippen molar-refractivity contribution in [3.05, 3.63) is 46.3 Å². The van der Waals surface area contributed by atoms with Gasteiger partial charge in [-0.05, 0) is 52.3 Å². The van der Waals surface area contributed by atoms with Crippen molar-refractivity contribution in [3.8, 4) is 5.75 Å². The second kappa shape index (κ2) is 8.16. The molecule has 1 aromatic carbocycles. The Kier molecular flexibility index (Phi) is 6.00. The fourth-order valence-electron chi connectivity index (χ4n) is 4.04. The first-order valence-electron chi connectivity index (χ1n) is 9.81. The quantitative estimate of drug-likeness (QED) is 0.708. The van der Waals surface area contributed by atoms with E-state index in [-0.39, 0.29) is 30.2 Å². The van der Waals surface area contributed by atoms with E-state index in [0.717, 1.165) is 16.9 Å². The summed E-state index contributed by atoms with van der Waals surface area (Å²) in [4.78, 5) is 26.4. The highest BCUT2D eigenvalue weighted by atomic mass is 32.1. The van der Waals surface area contributed by atoms with Crippen molar-refractivity contribution in [2.45, 2.75) is 52.1 Å². The van der Waals surface area contributed by atoms with Crippen molar-refractivity contribution in [2.75, 3.05) is 18.5 Å². The molecule has 0 saturated carbocycles. The highest BCUT2D eigenvalue weighted by molar-refractivity contribution is 7.17. The van der Waals surface area contributed by atoms with Crippen LogP contribution in [0.2, 0.25) is 0 Å². The number of esters is 1. The van der Waals surface area contributed by atoms with Crippen LogP contribution < -0.4 is 15.4 Å². The number of fused-ring (bicyclic) bond motifs is 1. The minimum absolute atomic E-state index is 0.0590. The van der Waals surface area contributed by atoms with E-state index in [9.17, 15) is 9.59 Å². The van der Waals surface area contributed by atoms with Crippen molar-refractivity contribution in [2.24, 2.45) is 0 Å². The molecular formula is C22H29N2O4S+. The monoisotopic (exact) mass is 417 g/mol. The lowest BCUT2D eigenvalue weighted by Gasteiger charge is -2.38. The predicted octanol–water partition coefficient (Wildman–Crippen LogP) is 3.08. The van der Waals surface area contributed by atoms with Crippen LogP contribution in [-0.4, -0.2) is 30.6 Å². The molecule has 1 aromatic heterocycles. The number of thiophene rings is 1. The number of quaternary nitrogens is 1. The molecule has 0 fully saturated rings. The second-order valence-corrected chi connectivity index (χ2v) is 9.54. The summed E-state index contributed by atoms with van der Waals surface area (Å²) in [5, 5.41) is 5.74. The molecular weight excluding hydrogens is 388 g/mol. The number of para-hydroxylation sites is 1. The summed E-state index contributed by atoms with van der Waals surface area (Å²) >= 11 is 1.45. The summed E-state index contributed by atoms with van der Waals surface area (Å²) in [5.41, 5.74) is 1.20. The summed E-state index contributed by atoms with van der Waals surface area (Å²) in [6.45, 7) is 10.5. The summed E-state index contributed by atoms with van der Waals surface area (Å²) < 4.78 is 10.8. The van der Waals surface area contributed by atoms with Gasteiger partial charge in [0.1, 0.15) is 16.3 Å². The first-order chi connectivity index (χ1) is 13.6. The van der Waals surface area contributed by atoms with E-state index < -0.39 is 5.97 Å². The van der Waals surface area contributed by atoms with E-state index in [0.29, 0.717) is 16.3 Å². The molecule has 0 atom stereocenters. The molecule has 0 spiro atoms. The Bertz CT molecular complexity index is 903. The number of nitrogens with one attached hydrogen (secondary N) is 1. The van der Waals surface area contributed by atoms with Crippen molar-refractivity contribution in [3.63, 3.8) is 0 Å². The Hall–Kier alpha value is -2.38. The molecule has 3 rings (SSSR count). The summed E-state index contributed by atoms with van der Waals surface area (Å²) in [6, 6.07) is 9.16. The number of anilines is 1. The predicted molar refractivity (Wildman–Crippen MR) is 114 cm³/mol. The SMILES string of the molecule is CCOC(=O)c1c(NC(=O)COc2ccccc2)sc2c1CC(C)(C)[NH2+]C2(C)C. The van der Waals surface area contributed by atoms with Crippen molar-refractivity contribution < 1.29 is 24.4 Å². The van der Waals surface area contributed by atoms with Gasteiger partial charge < -0.3 is 20.1 Å². The highest BCUT2D eigenvalue weighted by Gasteiger charge is 2.45. The largest absolute Gasteiger partial charge is 0.484 e. The second-order valence-electron chi connectivity index (χ2n) is 8.52. The van der Waals surface area contributed by atoms with Crippen LogP contribution >= 0.6 is 11.3 Å². The zero-order valence-electron chi connectivity index (χ0n) is 17.6. The molecule has 1 aliphatic rings.